The van der Waals surface area contributed by atoms with Crippen LogP contribution in [0.25, 0.3) is 27.3 Å². The number of amides is 4. The molecule has 4 amide bonds. The Kier molecular flexibility index (Phi) is 17.0. The van der Waals surface area contributed by atoms with Gasteiger partial charge >= 0.3 is 0 Å². The normalized spacial score (nSPS) is 15.5. The molecule has 1 fully saturated rings. The van der Waals surface area contributed by atoms with Crippen LogP contribution >= 0.6 is 23.7 Å². The maximum atomic E-state index is 13.9. The summed E-state index contributed by atoms with van der Waals surface area (Å²) in [4.78, 5) is 64.0. The van der Waals surface area contributed by atoms with Gasteiger partial charge in [-0.2, -0.15) is 0 Å². The lowest BCUT2D eigenvalue weighted by Gasteiger charge is -2.35. The van der Waals surface area contributed by atoms with Gasteiger partial charge in [0.25, 0.3) is 0 Å². The zero-order valence-electron chi connectivity index (χ0n) is 35.5. The molecule has 0 bridgehead atoms. The summed E-state index contributed by atoms with van der Waals surface area (Å²) in [6, 6.07) is 17.3. The Morgan fingerprint density at radius 2 is 1.61 bits per heavy atom. The predicted molar refractivity (Wildman–Crippen MR) is 240 cm³/mol. The Labute approximate surface area is 371 Å². The highest BCUT2D eigenvalue weighted by atomic mass is 35.5. The van der Waals surface area contributed by atoms with E-state index in [2.05, 4.69) is 31.2 Å². The standard InChI is InChI=1S/C44H54N8O8S.ClH/c1-28-40(61-27-48-28)30-11-9-29(10-12-30)21-47-42(56)35-20-34(53)24-52(35)43(57)41(44(2,3)4)50-39(55)26-60-18-16-58-15-17-59-25-38(54)49-32-8-6-7-31(19-32)36-22-46-37-14-13-33(45-5)23-51(36)37;/h6-14,19,22-23,27,34-35,41,45,53H,15-18,20-21,24-26H2,1-5H3,(H,47,56)(H,49,54)(H,50,55);1H/t34-,35+,41-;/m1./s1. The van der Waals surface area contributed by atoms with Crippen molar-refractivity contribution in [2.45, 2.75) is 58.8 Å². The van der Waals surface area contributed by atoms with Gasteiger partial charge in [-0.1, -0.05) is 57.2 Å². The number of nitrogens with one attached hydrogen (secondary N) is 4. The number of thiazole rings is 1. The number of imidazole rings is 1. The number of carbonyl (C=O) groups is 4. The van der Waals surface area contributed by atoms with Crippen LogP contribution in [0, 0.1) is 12.3 Å². The predicted octanol–water partition coefficient (Wildman–Crippen LogP) is 4.69. The molecular weight excluding hydrogens is 836 g/mol. The quantitative estimate of drug-likeness (QED) is 0.0722. The molecule has 1 aliphatic heterocycles. The number of hydrogen-bond acceptors (Lipinski definition) is 12. The highest BCUT2D eigenvalue weighted by Gasteiger charge is 2.44. The molecule has 3 aromatic heterocycles. The lowest BCUT2D eigenvalue weighted by Crippen LogP contribution is -2.58. The lowest BCUT2D eigenvalue weighted by molar-refractivity contribution is -0.144. The second kappa shape index (κ2) is 22.1. The van der Waals surface area contributed by atoms with Crippen LogP contribution in [-0.4, -0.2) is 119 Å². The van der Waals surface area contributed by atoms with Crippen molar-refractivity contribution in [2.24, 2.45) is 5.41 Å². The number of pyridine rings is 1. The van der Waals surface area contributed by atoms with Gasteiger partial charge in [0.1, 0.15) is 30.9 Å². The van der Waals surface area contributed by atoms with Crippen LogP contribution in [-0.2, 0) is 39.9 Å². The van der Waals surface area contributed by atoms with Crippen molar-refractivity contribution in [2.75, 3.05) is 63.9 Å². The van der Waals surface area contributed by atoms with E-state index in [1.165, 1.54) is 4.90 Å². The van der Waals surface area contributed by atoms with Gasteiger partial charge in [0.2, 0.25) is 23.6 Å². The molecule has 6 rings (SSSR count). The Morgan fingerprint density at radius 1 is 0.903 bits per heavy atom. The van der Waals surface area contributed by atoms with E-state index >= 15 is 0 Å². The van der Waals surface area contributed by atoms with Crippen LogP contribution in [0.15, 0.2) is 78.6 Å². The molecular formula is C44H55ClN8O8S. The maximum Gasteiger partial charge on any atom is 0.250 e. The van der Waals surface area contributed by atoms with Crippen LogP contribution in [0.2, 0.25) is 0 Å². The number of aromatic nitrogens is 3. The number of hydrogen-bond donors (Lipinski definition) is 5. The third-order valence-corrected chi connectivity index (χ3v) is 11.1. The lowest BCUT2D eigenvalue weighted by atomic mass is 9.85. The van der Waals surface area contributed by atoms with E-state index in [9.17, 15) is 24.3 Å². The number of aliphatic hydroxyl groups excluding tert-OH is 1. The minimum atomic E-state index is -0.981. The van der Waals surface area contributed by atoms with E-state index in [1.807, 2.05) is 105 Å². The monoisotopic (exact) mass is 890 g/mol. The first-order chi connectivity index (χ1) is 29.3. The molecule has 3 atom stereocenters. The number of likely N-dealkylation sites (tertiary alicyclic amines) is 1. The number of β-amino-alcohol motifs (C(OH)–C–C–N with tert-alkyl or cyclic N) is 1. The van der Waals surface area contributed by atoms with E-state index < -0.39 is 35.4 Å². The minimum absolute atomic E-state index is 0. The average molecular weight is 891 g/mol. The first-order valence-corrected chi connectivity index (χ1v) is 21.0. The Balaban J connectivity index is 0.00000726. The molecule has 332 valence electrons. The van der Waals surface area contributed by atoms with Crippen molar-refractivity contribution >= 4 is 64.4 Å². The summed E-state index contributed by atoms with van der Waals surface area (Å²) >= 11 is 1.57. The Hall–Kier alpha value is -5.43. The molecule has 0 aliphatic carbocycles. The molecule has 4 heterocycles. The van der Waals surface area contributed by atoms with Crippen LogP contribution in [0.4, 0.5) is 11.4 Å². The molecule has 5 aromatic rings. The number of anilines is 2. The SMILES string of the molecule is CNc1ccc2ncc(-c3cccc(NC(=O)COCCOCCOCC(=O)N[C@H](C(=O)N4C[C@H](O)C[C@H]4C(=O)NCc4ccc(-c5scnc5C)cc4)C(C)(C)C)c3)n2c1.Cl. The number of rotatable bonds is 19. The van der Waals surface area contributed by atoms with Gasteiger partial charge in [-0.3, -0.25) is 23.6 Å². The molecule has 5 N–H and O–H groups in total. The van der Waals surface area contributed by atoms with Gasteiger partial charge in [0.15, 0.2) is 0 Å². The molecule has 2 aromatic carbocycles. The smallest absolute Gasteiger partial charge is 0.250 e. The van der Waals surface area contributed by atoms with Crippen molar-refractivity contribution < 1.29 is 38.5 Å². The molecule has 0 spiro atoms. The second-order valence-corrected chi connectivity index (χ2v) is 16.7. The van der Waals surface area contributed by atoms with Crippen LogP contribution in [0.1, 0.15) is 38.4 Å². The number of halogens is 1. The first kappa shape index (κ1) is 47.6. The van der Waals surface area contributed by atoms with E-state index in [0.717, 1.165) is 44.3 Å². The van der Waals surface area contributed by atoms with E-state index in [0.29, 0.717) is 5.69 Å². The summed E-state index contributed by atoms with van der Waals surface area (Å²) in [6.07, 6.45) is 2.96. The summed E-state index contributed by atoms with van der Waals surface area (Å²) in [5.74, 6) is -1.66. The summed E-state index contributed by atoms with van der Waals surface area (Å²) in [7, 11) is 1.86. The van der Waals surface area contributed by atoms with Crippen molar-refractivity contribution in [1.82, 2.24) is 29.9 Å². The zero-order valence-corrected chi connectivity index (χ0v) is 37.1. The molecule has 1 saturated heterocycles. The minimum Gasteiger partial charge on any atom is -0.391 e. The fraction of sp³-hybridized carbons (Fsp3) is 0.409. The summed E-state index contributed by atoms with van der Waals surface area (Å²) in [5, 5.41) is 22.2. The number of carbonyl (C=O) groups excluding carboxylic acids is 4. The average Bonchev–Trinajstić information content (AvgIpc) is 3.98. The van der Waals surface area contributed by atoms with E-state index in [4.69, 9.17) is 14.2 Å². The molecule has 16 nitrogen and oxygen atoms in total. The van der Waals surface area contributed by atoms with Crippen molar-refractivity contribution in [1.29, 1.82) is 0 Å². The Morgan fingerprint density at radius 3 is 2.29 bits per heavy atom. The number of fused-ring (bicyclic) bond motifs is 1. The molecule has 62 heavy (non-hydrogen) atoms. The first-order valence-electron chi connectivity index (χ1n) is 20.1. The fourth-order valence-corrected chi connectivity index (χ4v) is 7.76. The maximum absolute atomic E-state index is 13.9. The van der Waals surface area contributed by atoms with Crippen molar-refractivity contribution in [3.05, 3.63) is 89.8 Å². The molecule has 0 saturated carbocycles. The number of nitrogens with zero attached hydrogens (tertiary/aromatic N) is 4. The van der Waals surface area contributed by atoms with Crippen LogP contribution < -0.4 is 21.3 Å². The molecule has 1 aliphatic rings. The fourth-order valence-electron chi connectivity index (χ4n) is 6.95. The number of aliphatic hydroxyl groups is 1. The van der Waals surface area contributed by atoms with Gasteiger partial charge in [0.05, 0.1) is 66.2 Å². The summed E-state index contributed by atoms with van der Waals surface area (Å²) < 4.78 is 18.5. The van der Waals surface area contributed by atoms with E-state index in [-0.39, 0.29) is 83.4 Å². The summed E-state index contributed by atoms with van der Waals surface area (Å²) in [6.45, 7) is 7.81. The van der Waals surface area contributed by atoms with Gasteiger partial charge < -0.3 is 45.5 Å². The van der Waals surface area contributed by atoms with Crippen molar-refractivity contribution in [3.8, 4) is 21.7 Å². The number of benzene rings is 2. The highest BCUT2D eigenvalue weighted by molar-refractivity contribution is 7.13. The second-order valence-electron chi connectivity index (χ2n) is 15.8. The van der Waals surface area contributed by atoms with Gasteiger partial charge in [0, 0.05) is 44.0 Å². The molecule has 18 heteroatoms. The summed E-state index contributed by atoms with van der Waals surface area (Å²) in [5.41, 5.74) is 8.15. The number of aryl methyl sites for hydroxylation is 1. The third-order valence-electron chi connectivity index (χ3n) is 10.2. The zero-order chi connectivity index (χ0) is 43.5. The van der Waals surface area contributed by atoms with Gasteiger partial charge in [-0.15, -0.1) is 23.7 Å². The van der Waals surface area contributed by atoms with Crippen LogP contribution in [0.3, 0.4) is 0 Å². The van der Waals surface area contributed by atoms with Gasteiger partial charge in [-0.05, 0) is 47.7 Å². The van der Waals surface area contributed by atoms with E-state index in [1.54, 1.807) is 23.6 Å². The highest BCUT2D eigenvalue weighted by Crippen LogP contribution is 2.29. The molecule has 0 radical (unpaired) electrons. The van der Waals surface area contributed by atoms with Gasteiger partial charge in [-0.25, -0.2) is 9.97 Å². The largest absolute Gasteiger partial charge is 0.391 e. The topological polar surface area (TPSA) is 198 Å². The third kappa shape index (κ3) is 12.6. The van der Waals surface area contributed by atoms with Crippen LogP contribution in [0.5, 0.6) is 0 Å². The molecule has 0 unspecified atom stereocenters. The van der Waals surface area contributed by atoms with Crippen molar-refractivity contribution in [3.63, 3.8) is 0 Å². The Bertz CT molecular complexity index is 2300. The number of ether oxygens (including phenoxy) is 3.